The summed E-state index contributed by atoms with van der Waals surface area (Å²) in [5, 5.41) is 11.1. The van der Waals surface area contributed by atoms with Crippen LogP contribution in [0.15, 0.2) is 11.6 Å². The van der Waals surface area contributed by atoms with Crippen LogP contribution >= 0.6 is 0 Å². The summed E-state index contributed by atoms with van der Waals surface area (Å²) in [4.78, 5) is 11.1. The highest BCUT2D eigenvalue weighted by atomic mass is 16.5. The van der Waals surface area contributed by atoms with E-state index < -0.39 is 6.09 Å². The van der Waals surface area contributed by atoms with E-state index in [9.17, 15) is 4.79 Å². The van der Waals surface area contributed by atoms with Gasteiger partial charge in [-0.1, -0.05) is 32.8 Å². The molecule has 0 heterocycles. The van der Waals surface area contributed by atoms with Gasteiger partial charge in [-0.3, -0.25) is 0 Å². The van der Waals surface area contributed by atoms with Gasteiger partial charge in [0.25, 0.3) is 0 Å². The molecule has 1 amide bonds. The first-order valence-corrected chi connectivity index (χ1v) is 6.87. The third-order valence-electron chi connectivity index (χ3n) is 2.18. The fourth-order valence-corrected chi connectivity index (χ4v) is 1.14. The largest absolute Gasteiger partial charge is 0.445 e. The van der Waals surface area contributed by atoms with E-state index in [1.807, 2.05) is 26.8 Å². The van der Waals surface area contributed by atoms with Crippen LogP contribution < -0.4 is 5.32 Å². The molecule has 0 aliphatic carbocycles. The number of ether oxygens (including phenoxy) is 1. The van der Waals surface area contributed by atoms with Gasteiger partial charge in [-0.2, -0.15) is 0 Å². The lowest BCUT2D eigenvalue weighted by Crippen LogP contribution is -2.25. The number of hydrogen-bond donors (Lipinski definition) is 2. The van der Waals surface area contributed by atoms with E-state index >= 15 is 0 Å². The molecule has 108 valence electrons. The monoisotopic (exact) mass is 259 g/mol. The number of aliphatic hydroxyl groups is 1. The van der Waals surface area contributed by atoms with Crippen LogP contribution in [0.3, 0.4) is 0 Å². The van der Waals surface area contributed by atoms with E-state index in [2.05, 4.69) is 12.2 Å². The maximum atomic E-state index is 11.1. The zero-order chi connectivity index (χ0) is 14.2. The van der Waals surface area contributed by atoms with Gasteiger partial charge in [0.15, 0.2) is 0 Å². The molecular formula is C14H29NO3. The first kappa shape index (κ1) is 19.3. The molecule has 0 saturated carbocycles. The summed E-state index contributed by atoms with van der Waals surface area (Å²) in [5.74, 6) is 0. The van der Waals surface area contributed by atoms with Crippen molar-refractivity contribution in [3.63, 3.8) is 0 Å². The predicted molar refractivity (Wildman–Crippen MR) is 75.7 cm³/mol. The van der Waals surface area contributed by atoms with E-state index in [-0.39, 0.29) is 6.61 Å². The molecule has 0 saturated heterocycles. The quantitative estimate of drug-likeness (QED) is 0.519. The fourth-order valence-electron chi connectivity index (χ4n) is 1.14. The number of amides is 1. The molecule has 0 atom stereocenters. The first-order valence-electron chi connectivity index (χ1n) is 6.87. The van der Waals surface area contributed by atoms with Gasteiger partial charge in [0.1, 0.15) is 6.61 Å². The van der Waals surface area contributed by atoms with Gasteiger partial charge in [0.05, 0.1) is 0 Å². The second kappa shape index (κ2) is 16.0. The molecular weight excluding hydrogens is 230 g/mol. The number of unbranched alkanes of at least 4 members (excludes halogenated alkanes) is 1. The Balaban J connectivity index is 0. The van der Waals surface area contributed by atoms with Crippen LogP contribution in [0.5, 0.6) is 0 Å². The Morgan fingerprint density at radius 2 is 2.00 bits per heavy atom. The van der Waals surface area contributed by atoms with Gasteiger partial charge in [-0.15, -0.1) is 0 Å². The highest BCUT2D eigenvalue weighted by Crippen LogP contribution is 2.05. The van der Waals surface area contributed by atoms with Gasteiger partial charge < -0.3 is 15.2 Å². The third-order valence-corrected chi connectivity index (χ3v) is 2.18. The minimum Gasteiger partial charge on any atom is -0.445 e. The van der Waals surface area contributed by atoms with Gasteiger partial charge >= 0.3 is 6.09 Å². The van der Waals surface area contributed by atoms with Crippen molar-refractivity contribution in [2.75, 3.05) is 19.8 Å². The molecule has 0 bridgehead atoms. The van der Waals surface area contributed by atoms with Crippen molar-refractivity contribution in [2.45, 2.75) is 53.4 Å². The second-order valence-corrected chi connectivity index (χ2v) is 3.76. The van der Waals surface area contributed by atoms with Crippen molar-refractivity contribution in [1.29, 1.82) is 0 Å². The lowest BCUT2D eigenvalue weighted by Gasteiger charge is -2.04. The summed E-state index contributed by atoms with van der Waals surface area (Å²) < 4.78 is 4.93. The summed E-state index contributed by atoms with van der Waals surface area (Å²) in [5.41, 5.74) is 1.25. The van der Waals surface area contributed by atoms with Crippen molar-refractivity contribution in [3.8, 4) is 0 Å². The zero-order valence-electron chi connectivity index (χ0n) is 12.3. The number of aliphatic hydroxyl groups excluding tert-OH is 1. The Morgan fingerprint density at radius 1 is 1.33 bits per heavy atom. The Labute approximate surface area is 111 Å². The fraction of sp³-hybridized carbons (Fsp3) is 0.786. The molecule has 0 fully saturated rings. The predicted octanol–water partition coefficient (Wildman–Crippen LogP) is 3.26. The topological polar surface area (TPSA) is 58.6 Å². The summed E-state index contributed by atoms with van der Waals surface area (Å²) >= 11 is 0. The van der Waals surface area contributed by atoms with Crippen LogP contribution in [0.2, 0.25) is 0 Å². The minimum absolute atomic E-state index is 0.0797. The minimum atomic E-state index is -0.423. The number of rotatable bonds is 8. The average molecular weight is 259 g/mol. The van der Waals surface area contributed by atoms with Crippen LogP contribution in [-0.4, -0.2) is 31.0 Å². The van der Waals surface area contributed by atoms with Gasteiger partial charge in [-0.25, -0.2) is 4.79 Å². The van der Waals surface area contributed by atoms with E-state index in [1.54, 1.807) is 0 Å². The molecule has 0 spiro atoms. The molecule has 2 N–H and O–H groups in total. The average Bonchev–Trinajstić information content (AvgIpc) is 2.39. The molecule has 0 rings (SSSR count). The third kappa shape index (κ3) is 15.0. The second-order valence-electron chi connectivity index (χ2n) is 3.76. The van der Waals surface area contributed by atoms with Crippen LogP contribution in [0, 0.1) is 0 Å². The van der Waals surface area contributed by atoms with Crippen LogP contribution in [-0.2, 0) is 4.74 Å². The van der Waals surface area contributed by atoms with Gasteiger partial charge in [0.2, 0.25) is 0 Å². The maximum Gasteiger partial charge on any atom is 0.407 e. The number of nitrogens with one attached hydrogen (secondary N) is 1. The normalized spacial score (nSPS) is 10.4. The van der Waals surface area contributed by atoms with E-state index in [0.29, 0.717) is 19.6 Å². The standard InChI is InChI=1S/C12H23NO3.C2H6/c1-3-4-6-11(2)7-10-16-12(15)13-8-5-9-14;1-2/h7,14H,3-6,8-10H2,1-2H3,(H,13,15);1-2H3/b11-7+;. The maximum absolute atomic E-state index is 11.1. The van der Waals surface area contributed by atoms with Crippen molar-refractivity contribution >= 4 is 6.09 Å². The summed E-state index contributed by atoms with van der Waals surface area (Å²) in [6, 6.07) is 0. The molecule has 0 aromatic rings. The molecule has 0 radical (unpaired) electrons. The molecule has 0 aliphatic heterocycles. The first-order chi connectivity index (χ1) is 8.70. The van der Waals surface area contributed by atoms with E-state index in [0.717, 1.165) is 6.42 Å². The SMILES string of the molecule is CC.CCCC/C(C)=C/COC(=O)NCCCO. The van der Waals surface area contributed by atoms with Gasteiger partial charge in [-0.05, 0) is 32.3 Å². The zero-order valence-corrected chi connectivity index (χ0v) is 12.3. The van der Waals surface area contributed by atoms with Crippen molar-refractivity contribution in [1.82, 2.24) is 5.32 Å². The lowest BCUT2D eigenvalue weighted by atomic mass is 10.1. The Hall–Kier alpha value is -1.03. The number of allylic oxidation sites excluding steroid dienone is 1. The van der Waals surface area contributed by atoms with Crippen LogP contribution in [0.1, 0.15) is 53.4 Å². The molecule has 4 nitrogen and oxygen atoms in total. The Bertz CT molecular complexity index is 215. The highest BCUT2D eigenvalue weighted by molar-refractivity contribution is 5.67. The number of hydrogen-bond acceptors (Lipinski definition) is 3. The molecule has 0 aromatic carbocycles. The molecule has 0 aromatic heterocycles. The number of alkyl carbamates (subject to hydrolysis) is 1. The molecule has 18 heavy (non-hydrogen) atoms. The Morgan fingerprint density at radius 3 is 2.56 bits per heavy atom. The van der Waals surface area contributed by atoms with Gasteiger partial charge in [0, 0.05) is 13.2 Å². The number of carbonyl (C=O) groups excluding carboxylic acids is 1. The lowest BCUT2D eigenvalue weighted by molar-refractivity contribution is 0.157. The Kier molecular flexibility index (Phi) is 17.1. The van der Waals surface area contributed by atoms with Crippen molar-refractivity contribution in [2.24, 2.45) is 0 Å². The highest BCUT2D eigenvalue weighted by Gasteiger charge is 1.98. The summed E-state index contributed by atoms with van der Waals surface area (Å²) in [6.45, 7) is 9.05. The summed E-state index contributed by atoms with van der Waals surface area (Å²) in [7, 11) is 0. The molecule has 4 heteroatoms. The molecule has 0 aliphatic rings. The summed E-state index contributed by atoms with van der Waals surface area (Å²) in [6.07, 6.45) is 5.47. The number of carbonyl (C=O) groups is 1. The smallest absolute Gasteiger partial charge is 0.407 e. The van der Waals surface area contributed by atoms with E-state index in [4.69, 9.17) is 9.84 Å². The van der Waals surface area contributed by atoms with Crippen LogP contribution in [0.25, 0.3) is 0 Å². The molecule has 0 unspecified atom stereocenters. The van der Waals surface area contributed by atoms with Crippen LogP contribution in [0.4, 0.5) is 4.79 Å². The van der Waals surface area contributed by atoms with E-state index in [1.165, 1.54) is 18.4 Å². The van der Waals surface area contributed by atoms with Crippen molar-refractivity contribution in [3.05, 3.63) is 11.6 Å². The van der Waals surface area contributed by atoms with Crippen molar-refractivity contribution < 1.29 is 14.6 Å².